The van der Waals surface area contributed by atoms with Gasteiger partial charge in [-0.2, -0.15) is 0 Å². The number of phosphoric ester groups is 2. The standard InChI is InChI=1S/C82H160O17P2/c1-8-10-11-12-13-14-15-30-36-43-51-58-65-81(86)99-78(70-93-80(85)64-57-50-45-38-40-47-54-61-74(5)6)72-97-101(90,91)95-68-76(83)67-94-100(88,89)96-71-77(69-92-79(84)63-56-49-42-35-31-26-23-22-24-28-33-39-46-53-60-73(3)4)98-82(87)66-59-52-44-37-32-27-21-19-17-16-18-20-25-29-34-41-48-55-62-75(7)9-2/h73-78,83H,8-72H2,1-7H3,(H,88,89)(H,90,91)/t75?,76-,77-,78-/m1/s1. The lowest BCUT2D eigenvalue weighted by molar-refractivity contribution is -0.161. The Morgan fingerprint density at radius 2 is 0.505 bits per heavy atom. The summed E-state index contributed by atoms with van der Waals surface area (Å²) in [6.45, 7) is 12.0. The second kappa shape index (κ2) is 72.3. The molecule has 0 heterocycles. The molecule has 0 rings (SSSR count). The van der Waals surface area contributed by atoms with E-state index in [0.29, 0.717) is 31.6 Å². The third kappa shape index (κ3) is 74.7. The fraction of sp³-hybridized carbons (Fsp3) is 0.951. The second-order valence-corrected chi connectivity index (χ2v) is 33.6. The molecule has 17 nitrogen and oxygen atoms in total. The van der Waals surface area contributed by atoms with E-state index in [9.17, 15) is 43.2 Å². The molecule has 101 heavy (non-hydrogen) atoms. The number of hydrogen-bond donors (Lipinski definition) is 3. The number of carbonyl (C=O) groups is 4. The normalized spacial score (nSPS) is 14.2. The Morgan fingerprint density at radius 3 is 0.752 bits per heavy atom. The fourth-order valence-corrected chi connectivity index (χ4v) is 14.2. The minimum atomic E-state index is -4.96. The zero-order valence-corrected chi connectivity index (χ0v) is 68.2. The lowest BCUT2D eigenvalue weighted by Gasteiger charge is -2.21. The van der Waals surface area contributed by atoms with Crippen LogP contribution >= 0.6 is 15.6 Å². The van der Waals surface area contributed by atoms with Gasteiger partial charge in [-0.15, -0.1) is 0 Å². The van der Waals surface area contributed by atoms with Crippen LogP contribution in [0.5, 0.6) is 0 Å². The van der Waals surface area contributed by atoms with Gasteiger partial charge in [0.2, 0.25) is 0 Å². The molecule has 600 valence electrons. The zero-order valence-electron chi connectivity index (χ0n) is 66.4. The van der Waals surface area contributed by atoms with Gasteiger partial charge in [0, 0.05) is 25.7 Å². The van der Waals surface area contributed by atoms with E-state index in [-0.39, 0.29) is 25.7 Å². The first-order valence-corrected chi connectivity index (χ1v) is 45.4. The van der Waals surface area contributed by atoms with Gasteiger partial charge in [-0.25, -0.2) is 9.13 Å². The van der Waals surface area contributed by atoms with Crippen LogP contribution in [0.3, 0.4) is 0 Å². The van der Waals surface area contributed by atoms with Gasteiger partial charge in [0.1, 0.15) is 19.3 Å². The zero-order chi connectivity index (χ0) is 74.4. The van der Waals surface area contributed by atoms with E-state index in [0.717, 1.165) is 108 Å². The van der Waals surface area contributed by atoms with Gasteiger partial charge in [0.05, 0.1) is 26.4 Å². The lowest BCUT2D eigenvalue weighted by Crippen LogP contribution is -2.30. The van der Waals surface area contributed by atoms with Gasteiger partial charge in [-0.1, -0.05) is 376 Å². The number of aliphatic hydroxyl groups excluding tert-OH is 1. The summed E-state index contributed by atoms with van der Waals surface area (Å²) in [7, 11) is -9.92. The number of rotatable bonds is 80. The molecule has 0 saturated heterocycles. The third-order valence-electron chi connectivity index (χ3n) is 19.5. The Labute approximate surface area is 619 Å². The maximum atomic E-state index is 13.1. The van der Waals surface area contributed by atoms with Crippen LogP contribution in [0, 0.1) is 17.8 Å². The van der Waals surface area contributed by atoms with Crippen LogP contribution in [-0.2, 0) is 65.4 Å². The van der Waals surface area contributed by atoms with Crippen molar-refractivity contribution in [2.45, 2.75) is 446 Å². The van der Waals surface area contributed by atoms with Crippen molar-refractivity contribution in [2.24, 2.45) is 17.8 Å². The molecule has 0 amide bonds. The van der Waals surface area contributed by atoms with Crippen molar-refractivity contribution in [3.05, 3.63) is 0 Å². The summed E-state index contributed by atoms with van der Waals surface area (Å²) in [5, 5.41) is 10.6. The van der Waals surface area contributed by atoms with Crippen molar-refractivity contribution < 1.29 is 80.2 Å². The van der Waals surface area contributed by atoms with Crippen LogP contribution < -0.4 is 0 Å². The van der Waals surface area contributed by atoms with Crippen molar-refractivity contribution >= 4 is 39.5 Å². The molecule has 0 aliphatic carbocycles. The van der Waals surface area contributed by atoms with Crippen LogP contribution in [0.4, 0.5) is 0 Å². The van der Waals surface area contributed by atoms with Crippen molar-refractivity contribution in [3.8, 4) is 0 Å². The molecule has 0 aromatic heterocycles. The summed E-state index contributed by atoms with van der Waals surface area (Å²) in [5.74, 6) is 0.265. The molecule has 0 spiro atoms. The van der Waals surface area contributed by atoms with E-state index in [2.05, 4.69) is 48.5 Å². The summed E-state index contributed by atoms with van der Waals surface area (Å²) < 4.78 is 68.7. The number of phosphoric acid groups is 2. The minimum absolute atomic E-state index is 0.107. The van der Waals surface area contributed by atoms with Crippen LogP contribution in [0.25, 0.3) is 0 Å². The molecule has 0 aromatic carbocycles. The Bertz CT molecular complexity index is 1960. The average Bonchev–Trinajstić information content (AvgIpc) is 0.984. The molecule has 3 unspecified atom stereocenters. The first-order valence-electron chi connectivity index (χ1n) is 42.4. The maximum absolute atomic E-state index is 13.1. The highest BCUT2D eigenvalue weighted by atomic mass is 31.2. The molecule has 19 heteroatoms. The highest BCUT2D eigenvalue weighted by Gasteiger charge is 2.30. The third-order valence-corrected chi connectivity index (χ3v) is 21.4. The summed E-state index contributed by atoms with van der Waals surface area (Å²) >= 11 is 0. The minimum Gasteiger partial charge on any atom is -0.462 e. The smallest absolute Gasteiger partial charge is 0.462 e. The van der Waals surface area contributed by atoms with E-state index in [1.165, 1.54) is 231 Å². The monoisotopic (exact) mass is 1480 g/mol. The number of aliphatic hydroxyl groups is 1. The summed E-state index contributed by atoms with van der Waals surface area (Å²) in [5.41, 5.74) is 0. The first-order chi connectivity index (χ1) is 48.8. The SMILES string of the molecule is CCCCCCCCCCCCCCC(=O)O[C@H](COC(=O)CCCCCCCCCC(C)C)COP(=O)(O)OC[C@H](O)COP(=O)(O)OC[C@@H](COC(=O)CCCCCCCCCCCCCCCCC(C)C)OC(=O)CCCCCCCCCCCCCCCCCCCCC(C)CC. The Morgan fingerprint density at radius 1 is 0.287 bits per heavy atom. The van der Waals surface area contributed by atoms with Gasteiger partial charge in [-0.05, 0) is 43.4 Å². The molecule has 0 aliphatic rings. The fourth-order valence-electron chi connectivity index (χ4n) is 12.6. The Balaban J connectivity index is 5.21. The summed E-state index contributed by atoms with van der Waals surface area (Å²) in [6.07, 6.45) is 61.1. The quantitative estimate of drug-likeness (QED) is 0.0222. The van der Waals surface area contributed by atoms with Crippen LogP contribution in [0.2, 0.25) is 0 Å². The lowest BCUT2D eigenvalue weighted by atomic mass is 9.99. The predicted octanol–water partition coefficient (Wildman–Crippen LogP) is 24.5. The van der Waals surface area contributed by atoms with Gasteiger partial charge < -0.3 is 33.8 Å². The van der Waals surface area contributed by atoms with E-state index in [4.69, 9.17) is 37.0 Å². The molecule has 6 atom stereocenters. The maximum Gasteiger partial charge on any atom is 0.472 e. The largest absolute Gasteiger partial charge is 0.472 e. The molecule has 0 radical (unpaired) electrons. The van der Waals surface area contributed by atoms with E-state index >= 15 is 0 Å². The molecule has 0 aliphatic heterocycles. The summed E-state index contributed by atoms with van der Waals surface area (Å²) in [4.78, 5) is 73.0. The molecule has 0 saturated carbocycles. The van der Waals surface area contributed by atoms with Gasteiger partial charge in [0.15, 0.2) is 12.2 Å². The number of carbonyl (C=O) groups excluding carboxylic acids is 4. The number of esters is 4. The van der Waals surface area contributed by atoms with Gasteiger partial charge in [-0.3, -0.25) is 37.3 Å². The van der Waals surface area contributed by atoms with E-state index in [1.54, 1.807) is 0 Å². The molecular formula is C82H160O17P2. The second-order valence-electron chi connectivity index (χ2n) is 30.7. The first kappa shape index (κ1) is 99.1. The molecular weight excluding hydrogens is 1320 g/mol. The topological polar surface area (TPSA) is 237 Å². The van der Waals surface area contributed by atoms with Crippen molar-refractivity contribution in [3.63, 3.8) is 0 Å². The van der Waals surface area contributed by atoms with Crippen molar-refractivity contribution in [1.82, 2.24) is 0 Å². The van der Waals surface area contributed by atoms with Crippen molar-refractivity contribution in [1.29, 1.82) is 0 Å². The van der Waals surface area contributed by atoms with Crippen LogP contribution in [0.15, 0.2) is 0 Å². The van der Waals surface area contributed by atoms with E-state index in [1.807, 2.05) is 0 Å². The number of unbranched alkanes of at least 4 members (excludes halogenated alkanes) is 47. The highest BCUT2D eigenvalue weighted by molar-refractivity contribution is 7.47. The number of ether oxygens (including phenoxy) is 4. The van der Waals surface area contributed by atoms with Gasteiger partial charge >= 0.3 is 39.5 Å². The molecule has 0 fully saturated rings. The average molecular weight is 1480 g/mol. The van der Waals surface area contributed by atoms with E-state index < -0.39 is 97.5 Å². The van der Waals surface area contributed by atoms with Crippen LogP contribution in [0.1, 0.15) is 427 Å². The van der Waals surface area contributed by atoms with Gasteiger partial charge in [0.25, 0.3) is 0 Å². The Hall–Kier alpha value is -1.94. The van der Waals surface area contributed by atoms with Crippen molar-refractivity contribution in [2.75, 3.05) is 39.6 Å². The highest BCUT2D eigenvalue weighted by Crippen LogP contribution is 2.45. The predicted molar refractivity (Wildman–Crippen MR) is 414 cm³/mol. The molecule has 0 bridgehead atoms. The summed E-state index contributed by atoms with van der Waals surface area (Å²) in [6, 6.07) is 0. The number of hydrogen-bond acceptors (Lipinski definition) is 15. The Kier molecular flexibility index (Phi) is 70.9. The molecule has 3 N–H and O–H groups in total. The molecule has 0 aromatic rings. The van der Waals surface area contributed by atoms with Crippen LogP contribution in [-0.4, -0.2) is 96.7 Å².